The molecule has 3 aromatic rings. The predicted molar refractivity (Wildman–Crippen MR) is 157 cm³/mol. The number of benzene rings is 3. The van der Waals surface area contributed by atoms with Gasteiger partial charge in [-0.3, -0.25) is 19.3 Å². The van der Waals surface area contributed by atoms with Crippen LogP contribution in [0.25, 0.3) is 0 Å². The number of amides is 3. The van der Waals surface area contributed by atoms with Crippen LogP contribution in [0.4, 0.5) is 5.69 Å². The summed E-state index contributed by atoms with van der Waals surface area (Å²) in [6.45, 7) is 6.87. The van der Waals surface area contributed by atoms with Gasteiger partial charge in [0.2, 0.25) is 11.8 Å². The van der Waals surface area contributed by atoms with Crippen molar-refractivity contribution in [2.75, 3.05) is 11.9 Å². The fourth-order valence-electron chi connectivity index (χ4n) is 7.09. The molecule has 2 bridgehead atoms. The number of esters is 1. The Morgan fingerprint density at radius 3 is 1.71 bits per heavy atom. The van der Waals surface area contributed by atoms with Crippen LogP contribution in [0.5, 0.6) is 0 Å². The van der Waals surface area contributed by atoms with Crippen molar-refractivity contribution in [2.45, 2.75) is 45.6 Å². The Balaban J connectivity index is 1.25. The van der Waals surface area contributed by atoms with E-state index in [0.717, 1.165) is 42.8 Å². The van der Waals surface area contributed by atoms with Crippen molar-refractivity contribution in [2.24, 2.45) is 17.8 Å². The molecule has 7 rings (SSSR count). The van der Waals surface area contributed by atoms with Crippen LogP contribution in [0.15, 0.2) is 65.1 Å². The molecule has 4 aliphatic rings. The number of imide groups is 1. The van der Waals surface area contributed by atoms with Crippen molar-refractivity contribution in [3.8, 4) is 0 Å². The molecule has 1 aliphatic heterocycles. The average Bonchev–Trinajstić information content (AvgIpc) is 3.20. The lowest BCUT2D eigenvalue weighted by Gasteiger charge is -2.45. The van der Waals surface area contributed by atoms with E-state index in [-0.39, 0.29) is 23.7 Å². The molecule has 3 amide bonds. The second-order valence-corrected chi connectivity index (χ2v) is 12.4. The molecule has 7 nitrogen and oxygen atoms in total. The van der Waals surface area contributed by atoms with Gasteiger partial charge in [-0.1, -0.05) is 78.3 Å². The molecule has 0 aromatic heterocycles. The molecule has 0 unspecified atom stereocenters. The summed E-state index contributed by atoms with van der Waals surface area (Å²) in [4.78, 5) is 55.4. The fraction of sp³-hybridized carbons (Fsp3) is 0.333. The van der Waals surface area contributed by atoms with E-state index in [4.69, 9.17) is 4.74 Å². The number of anilines is 1. The van der Waals surface area contributed by atoms with E-state index >= 15 is 0 Å². The number of likely N-dealkylation sites (tertiary alicyclic amines) is 1. The largest absolute Gasteiger partial charge is 0.454 e. The molecule has 1 fully saturated rings. The first kappa shape index (κ1) is 27.4. The van der Waals surface area contributed by atoms with Gasteiger partial charge < -0.3 is 10.1 Å². The average molecular weight is 616 g/mol. The molecule has 41 heavy (non-hydrogen) atoms. The third-order valence-corrected chi connectivity index (χ3v) is 9.95. The first-order chi connectivity index (χ1) is 19.6. The van der Waals surface area contributed by atoms with Gasteiger partial charge in [-0.25, -0.2) is 4.79 Å². The zero-order valence-corrected chi connectivity index (χ0v) is 24.9. The van der Waals surface area contributed by atoms with Crippen LogP contribution in [0.3, 0.4) is 0 Å². The minimum atomic E-state index is -1.13. The van der Waals surface area contributed by atoms with Crippen LogP contribution >= 0.6 is 15.9 Å². The molecule has 0 radical (unpaired) electrons. The second kappa shape index (κ2) is 10.2. The Hall–Kier alpha value is -3.78. The SMILES string of the molecule is Cc1cc(NC(=O)COC(=O)[C@H](C(C)C)N2C(=O)[C@H]3C4c5ccccc5C(c5ccccc54)[C@@H]3C2=O)cc(C)c1Br. The topological polar surface area (TPSA) is 92.8 Å². The van der Waals surface area contributed by atoms with Crippen LogP contribution in [-0.4, -0.2) is 41.2 Å². The van der Waals surface area contributed by atoms with E-state index in [1.54, 1.807) is 13.8 Å². The number of nitrogens with zero attached hydrogens (tertiary/aromatic N) is 1. The number of hydrogen-bond donors (Lipinski definition) is 1. The van der Waals surface area contributed by atoms with E-state index in [1.807, 2.05) is 74.5 Å². The van der Waals surface area contributed by atoms with Gasteiger partial charge in [-0.15, -0.1) is 0 Å². The van der Waals surface area contributed by atoms with Gasteiger partial charge in [0.05, 0.1) is 11.8 Å². The lowest BCUT2D eigenvalue weighted by Crippen LogP contribution is -2.49. The number of hydrogen-bond acceptors (Lipinski definition) is 5. The molecule has 210 valence electrons. The third-order valence-electron chi connectivity index (χ3n) is 8.70. The van der Waals surface area contributed by atoms with Gasteiger partial charge in [-0.2, -0.15) is 0 Å². The smallest absolute Gasteiger partial charge is 0.330 e. The Labute approximate surface area is 247 Å². The summed E-state index contributed by atoms with van der Waals surface area (Å²) < 4.78 is 6.39. The van der Waals surface area contributed by atoms with E-state index in [0.29, 0.717) is 5.69 Å². The zero-order chi connectivity index (χ0) is 29.2. The number of rotatable bonds is 6. The lowest BCUT2D eigenvalue weighted by molar-refractivity contribution is -0.162. The summed E-state index contributed by atoms with van der Waals surface area (Å²) in [7, 11) is 0. The van der Waals surface area contributed by atoms with E-state index in [1.165, 1.54) is 0 Å². The zero-order valence-electron chi connectivity index (χ0n) is 23.3. The van der Waals surface area contributed by atoms with Crippen molar-refractivity contribution in [3.05, 3.63) is 98.5 Å². The number of aryl methyl sites for hydroxylation is 2. The van der Waals surface area contributed by atoms with Gasteiger partial charge in [0.25, 0.3) is 5.91 Å². The van der Waals surface area contributed by atoms with Crippen molar-refractivity contribution in [1.29, 1.82) is 0 Å². The van der Waals surface area contributed by atoms with Gasteiger partial charge in [0.15, 0.2) is 6.61 Å². The monoisotopic (exact) mass is 614 g/mol. The summed E-state index contributed by atoms with van der Waals surface area (Å²) in [5.74, 6) is -4.05. The van der Waals surface area contributed by atoms with Crippen molar-refractivity contribution < 1.29 is 23.9 Å². The standard InChI is InChI=1S/C33H31BrN2O5/c1-16(2)30(33(40)41-15-24(37)35-19-13-17(3)29(34)18(4)14-19)36-31(38)27-25-20-9-5-6-10-21(20)26(28(27)32(36)39)23-12-8-7-11-22(23)25/h5-14,16,25-28,30H,15H2,1-4H3,(H,35,37)/t25?,26?,27-,28-,30-/m0/s1. The highest BCUT2D eigenvalue weighted by atomic mass is 79.9. The maximum absolute atomic E-state index is 14.1. The van der Waals surface area contributed by atoms with Crippen molar-refractivity contribution in [1.82, 2.24) is 4.90 Å². The maximum atomic E-state index is 14.1. The van der Waals surface area contributed by atoms with Gasteiger partial charge in [0.1, 0.15) is 6.04 Å². The molecular weight excluding hydrogens is 584 g/mol. The molecule has 1 saturated heterocycles. The van der Waals surface area contributed by atoms with Gasteiger partial charge >= 0.3 is 5.97 Å². The summed E-state index contributed by atoms with van der Waals surface area (Å²) in [5.41, 5.74) is 6.79. The molecule has 0 spiro atoms. The fourth-order valence-corrected chi connectivity index (χ4v) is 7.32. The summed E-state index contributed by atoms with van der Waals surface area (Å²) in [6.07, 6.45) is 0. The summed E-state index contributed by atoms with van der Waals surface area (Å²) >= 11 is 3.51. The summed E-state index contributed by atoms with van der Waals surface area (Å²) in [6, 6.07) is 18.5. The Morgan fingerprint density at radius 2 is 1.29 bits per heavy atom. The van der Waals surface area contributed by atoms with E-state index in [2.05, 4.69) is 21.2 Å². The number of carbonyl (C=O) groups is 4. The van der Waals surface area contributed by atoms with Crippen LogP contribution in [0.1, 0.15) is 59.1 Å². The molecule has 3 aromatic carbocycles. The number of nitrogens with one attached hydrogen (secondary N) is 1. The number of ether oxygens (including phenoxy) is 1. The minimum Gasteiger partial charge on any atom is -0.454 e. The van der Waals surface area contributed by atoms with E-state index in [9.17, 15) is 19.2 Å². The molecular formula is C33H31BrN2O5. The quantitative estimate of drug-likeness (QED) is 0.294. The molecule has 3 aliphatic carbocycles. The molecule has 0 saturated carbocycles. The van der Waals surface area contributed by atoms with Crippen LogP contribution < -0.4 is 5.32 Å². The normalized spacial score (nSPS) is 22.7. The molecule has 1 N–H and O–H groups in total. The van der Waals surface area contributed by atoms with Gasteiger partial charge in [0, 0.05) is 22.0 Å². The van der Waals surface area contributed by atoms with E-state index < -0.39 is 42.3 Å². The first-order valence-electron chi connectivity index (χ1n) is 13.9. The highest BCUT2D eigenvalue weighted by molar-refractivity contribution is 9.10. The van der Waals surface area contributed by atoms with Crippen LogP contribution in [0.2, 0.25) is 0 Å². The Bertz CT molecular complexity index is 1480. The highest BCUT2D eigenvalue weighted by Crippen LogP contribution is 2.61. The first-order valence-corrected chi connectivity index (χ1v) is 14.7. The predicted octanol–water partition coefficient (Wildman–Crippen LogP) is 5.46. The number of carbonyl (C=O) groups excluding carboxylic acids is 4. The molecule has 1 heterocycles. The Kier molecular flexibility index (Phi) is 6.85. The summed E-state index contributed by atoms with van der Waals surface area (Å²) in [5, 5.41) is 2.76. The van der Waals surface area contributed by atoms with Crippen molar-refractivity contribution in [3.63, 3.8) is 0 Å². The highest BCUT2D eigenvalue weighted by Gasteiger charge is 2.63. The van der Waals surface area contributed by atoms with Crippen LogP contribution in [-0.2, 0) is 23.9 Å². The third kappa shape index (κ3) is 4.31. The number of halogens is 1. The van der Waals surface area contributed by atoms with Gasteiger partial charge in [-0.05, 0) is 65.3 Å². The molecule has 8 heteroatoms. The minimum absolute atomic E-state index is 0.258. The second-order valence-electron chi connectivity index (χ2n) is 11.6. The van der Waals surface area contributed by atoms with Crippen molar-refractivity contribution >= 4 is 45.3 Å². The lowest BCUT2D eigenvalue weighted by atomic mass is 9.55. The Morgan fingerprint density at radius 1 is 0.854 bits per heavy atom. The molecule has 3 atom stereocenters. The maximum Gasteiger partial charge on any atom is 0.330 e. The van der Waals surface area contributed by atoms with Crippen LogP contribution in [0, 0.1) is 31.6 Å².